The number of nitrogens with one attached hydrogen (secondary N) is 2. The van der Waals surface area contributed by atoms with Crippen molar-refractivity contribution >= 4 is 11.6 Å². The molecule has 4 nitrogen and oxygen atoms in total. The number of hydrogen-bond acceptors (Lipinski definition) is 3. The monoisotopic (exact) mass is 328 g/mol. The summed E-state index contributed by atoms with van der Waals surface area (Å²) in [5, 5.41) is 5.81. The maximum absolute atomic E-state index is 14.5. The van der Waals surface area contributed by atoms with Gasteiger partial charge in [-0.2, -0.15) is 0 Å². The standard InChI is InChI=1S/C19H21FN2O2/c1-2-13-5-3-4-6-17(13)24-12-18(23)22-16-8-7-14-11-21-10-9-15(14)19(16)20/h3-8,21H,2,9-12H2,1H3,(H,22,23). The van der Waals surface area contributed by atoms with E-state index in [1.807, 2.05) is 37.3 Å². The number of hydrogen-bond donors (Lipinski definition) is 2. The number of para-hydroxylation sites is 1. The lowest BCUT2D eigenvalue weighted by molar-refractivity contribution is -0.118. The third-order valence-corrected chi connectivity index (χ3v) is 4.19. The molecular weight excluding hydrogens is 307 g/mol. The van der Waals surface area contributed by atoms with Crippen molar-refractivity contribution in [1.82, 2.24) is 5.32 Å². The number of halogens is 1. The van der Waals surface area contributed by atoms with Crippen LogP contribution < -0.4 is 15.4 Å². The van der Waals surface area contributed by atoms with Crippen LogP contribution in [0.2, 0.25) is 0 Å². The summed E-state index contributed by atoms with van der Waals surface area (Å²) in [4.78, 5) is 12.1. The summed E-state index contributed by atoms with van der Waals surface area (Å²) in [7, 11) is 0. The molecule has 0 fully saturated rings. The average Bonchev–Trinajstić information content (AvgIpc) is 2.63. The zero-order chi connectivity index (χ0) is 16.9. The number of benzene rings is 2. The lowest BCUT2D eigenvalue weighted by Gasteiger charge is -2.19. The number of amides is 1. The van der Waals surface area contributed by atoms with Gasteiger partial charge in [0.05, 0.1) is 5.69 Å². The van der Waals surface area contributed by atoms with Gasteiger partial charge in [-0.1, -0.05) is 31.2 Å². The topological polar surface area (TPSA) is 50.4 Å². The molecule has 0 radical (unpaired) electrons. The molecular formula is C19H21FN2O2. The number of carbonyl (C=O) groups excluding carboxylic acids is 1. The number of fused-ring (bicyclic) bond motifs is 1. The van der Waals surface area contributed by atoms with Gasteiger partial charge in [0.15, 0.2) is 6.61 Å². The molecule has 0 saturated heterocycles. The van der Waals surface area contributed by atoms with Gasteiger partial charge in [-0.25, -0.2) is 4.39 Å². The number of aryl methyl sites for hydroxylation is 1. The molecule has 0 unspecified atom stereocenters. The van der Waals surface area contributed by atoms with E-state index in [2.05, 4.69) is 10.6 Å². The zero-order valence-electron chi connectivity index (χ0n) is 13.7. The Bertz CT molecular complexity index is 746. The first-order valence-electron chi connectivity index (χ1n) is 8.20. The van der Waals surface area contributed by atoms with E-state index in [0.717, 1.165) is 24.1 Å². The van der Waals surface area contributed by atoms with Crippen molar-refractivity contribution in [3.05, 3.63) is 58.9 Å². The quantitative estimate of drug-likeness (QED) is 0.887. The highest BCUT2D eigenvalue weighted by molar-refractivity contribution is 5.92. The van der Waals surface area contributed by atoms with Crippen molar-refractivity contribution in [3.8, 4) is 5.75 Å². The smallest absolute Gasteiger partial charge is 0.262 e. The van der Waals surface area contributed by atoms with Crippen molar-refractivity contribution in [3.63, 3.8) is 0 Å². The summed E-state index contributed by atoms with van der Waals surface area (Å²) < 4.78 is 20.1. The first-order valence-corrected chi connectivity index (χ1v) is 8.20. The normalized spacial score (nSPS) is 13.2. The second-order valence-electron chi connectivity index (χ2n) is 5.79. The highest BCUT2D eigenvalue weighted by Gasteiger charge is 2.17. The van der Waals surface area contributed by atoms with Gasteiger partial charge in [-0.3, -0.25) is 4.79 Å². The van der Waals surface area contributed by atoms with Gasteiger partial charge in [-0.05, 0) is 48.2 Å². The van der Waals surface area contributed by atoms with Crippen LogP contribution in [0.15, 0.2) is 36.4 Å². The van der Waals surface area contributed by atoms with Crippen molar-refractivity contribution in [1.29, 1.82) is 0 Å². The third kappa shape index (κ3) is 3.57. The molecule has 126 valence electrons. The van der Waals surface area contributed by atoms with E-state index in [-0.39, 0.29) is 24.0 Å². The van der Waals surface area contributed by atoms with E-state index in [9.17, 15) is 9.18 Å². The van der Waals surface area contributed by atoms with Crippen LogP contribution in [0.1, 0.15) is 23.6 Å². The molecule has 5 heteroatoms. The van der Waals surface area contributed by atoms with Crippen molar-refractivity contribution in [2.45, 2.75) is 26.3 Å². The van der Waals surface area contributed by atoms with E-state index in [0.29, 0.717) is 24.3 Å². The van der Waals surface area contributed by atoms with E-state index in [1.54, 1.807) is 6.07 Å². The lowest BCUT2D eigenvalue weighted by atomic mass is 9.99. The zero-order valence-corrected chi connectivity index (χ0v) is 13.7. The first kappa shape index (κ1) is 16.5. The lowest BCUT2D eigenvalue weighted by Crippen LogP contribution is -2.26. The van der Waals surface area contributed by atoms with Gasteiger partial charge >= 0.3 is 0 Å². The predicted octanol–water partition coefficient (Wildman–Crippen LogP) is 3.05. The molecule has 0 saturated carbocycles. The fourth-order valence-electron chi connectivity index (χ4n) is 2.90. The molecule has 1 aliphatic rings. The molecule has 1 heterocycles. The van der Waals surface area contributed by atoms with Crippen molar-refractivity contribution in [2.24, 2.45) is 0 Å². The SMILES string of the molecule is CCc1ccccc1OCC(=O)Nc1ccc2c(c1F)CCNC2. The van der Waals surface area contributed by atoms with Crippen LogP contribution >= 0.6 is 0 Å². The molecule has 2 aromatic carbocycles. The summed E-state index contributed by atoms with van der Waals surface area (Å²) in [5.41, 5.74) is 2.89. The van der Waals surface area contributed by atoms with Crippen molar-refractivity contribution < 1.29 is 13.9 Å². The molecule has 2 aromatic rings. The van der Waals surface area contributed by atoms with Crippen LogP contribution in [0.25, 0.3) is 0 Å². The van der Waals surface area contributed by atoms with Gasteiger partial charge in [0, 0.05) is 6.54 Å². The Balaban J connectivity index is 1.65. The Morgan fingerprint density at radius 2 is 2.12 bits per heavy atom. The molecule has 0 bridgehead atoms. The average molecular weight is 328 g/mol. The Kier molecular flexibility index (Phi) is 5.11. The summed E-state index contributed by atoms with van der Waals surface area (Å²) in [6, 6.07) is 11.1. The second kappa shape index (κ2) is 7.45. The first-order chi connectivity index (χ1) is 11.7. The predicted molar refractivity (Wildman–Crippen MR) is 91.8 cm³/mol. The summed E-state index contributed by atoms with van der Waals surface area (Å²) in [5.74, 6) is -0.0165. The number of carbonyl (C=O) groups is 1. The molecule has 0 atom stereocenters. The molecule has 0 aromatic heterocycles. The van der Waals surface area contributed by atoms with Gasteiger partial charge < -0.3 is 15.4 Å². The number of anilines is 1. The van der Waals surface area contributed by atoms with E-state index in [1.165, 1.54) is 0 Å². The Hall–Kier alpha value is -2.40. The molecule has 24 heavy (non-hydrogen) atoms. The minimum atomic E-state index is -0.367. The highest BCUT2D eigenvalue weighted by Crippen LogP contribution is 2.24. The van der Waals surface area contributed by atoms with E-state index < -0.39 is 0 Å². The van der Waals surface area contributed by atoms with Crippen LogP contribution in [0.4, 0.5) is 10.1 Å². The van der Waals surface area contributed by atoms with E-state index >= 15 is 0 Å². The fraction of sp³-hybridized carbons (Fsp3) is 0.316. The molecule has 3 rings (SSSR count). The van der Waals surface area contributed by atoms with Crippen LogP contribution in [-0.2, 0) is 24.2 Å². The minimum absolute atomic E-state index is 0.144. The summed E-state index contributed by atoms with van der Waals surface area (Å²) in [6.07, 6.45) is 1.45. The van der Waals surface area contributed by atoms with Crippen LogP contribution in [0.3, 0.4) is 0 Å². The molecule has 2 N–H and O–H groups in total. The third-order valence-electron chi connectivity index (χ3n) is 4.19. The Morgan fingerprint density at radius 3 is 2.96 bits per heavy atom. The maximum atomic E-state index is 14.5. The van der Waals surface area contributed by atoms with Crippen LogP contribution in [0.5, 0.6) is 5.75 Å². The molecule has 1 aliphatic heterocycles. The van der Waals surface area contributed by atoms with Crippen LogP contribution in [-0.4, -0.2) is 19.1 Å². The van der Waals surface area contributed by atoms with E-state index in [4.69, 9.17) is 4.74 Å². The maximum Gasteiger partial charge on any atom is 0.262 e. The van der Waals surface area contributed by atoms with Crippen molar-refractivity contribution in [2.75, 3.05) is 18.5 Å². The number of ether oxygens (including phenoxy) is 1. The number of rotatable bonds is 5. The minimum Gasteiger partial charge on any atom is -0.483 e. The largest absolute Gasteiger partial charge is 0.483 e. The summed E-state index contributed by atoms with van der Waals surface area (Å²) >= 11 is 0. The molecule has 0 spiro atoms. The second-order valence-corrected chi connectivity index (χ2v) is 5.79. The van der Waals surface area contributed by atoms with Crippen LogP contribution in [0, 0.1) is 5.82 Å². The summed E-state index contributed by atoms with van der Waals surface area (Å²) in [6.45, 7) is 3.30. The van der Waals surface area contributed by atoms with Gasteiger partial charge in [0.1, 0.15) is 11.6 Å². The molecule has 0 aliphatic carbocycles. The van der Waals surface area contributed by atoms with Gasteiger partial charge in [-0.15, -0.1) is 0 Å². The Morgan fingerprint density at radius 1 is 1.29 bits per heavy atom. The highest BCUT2D eigenvalue weighted by atomic mass is 19.1. The fourth-order valence-corrected chi connectivity index (χ4v) is 2.90. The van der Waals surface area contributed by atoms with Gasteiger partial charge in [0.2, 0.25) is 0 Å². The Labute approximate surface area is 141 Å². The molecule has 1 amide bonds. The van der Waals surface area contributed by atoms with Gasteiger partial charge in [0.25, 0.3) is 5.91 Å².